The van der Waals surface area contributed by atoms with Crippen LogP contribution in [0.25, 0.3) is 0 Å². The Morgan fingerprint density at radius 3 is 2.93 bits per heavy atom. The number of furan rings is 1. The average Bonchev–Trinajstić information content (AvgIpc) is 2.75. The molecule has 0 spiro atoms. The first-order chi connectivity index (χ1) is 7.16. The zero-order valence-electron chi connectivity index (χ0n) is 8.47. The molecule has 78 valence electrons. The number of rotatable bonds is 3. The molecule has 0 amide bonds. The zero-order chi connectivity index (χ0) is 10.8. The highest BCUT2D eigenvalue weighted by Gasteiger charge is 2.14. The van der Waals surface area contributed by atoms with Crippen LogP contribution < -0.4 is 0 Å². The van der Waals surface area contributed by atoms with E-state index in [-0.39, 0.29) is 12.2 Å². The molecule has 0 fully saturated rings. The van der Waals surface area contributed by atoms with Crippen LogP contribution in [0.15, 0.2) is 16.7 Å². The van der Waals surface area contributed by atoms with Gasteiger partial charge in [0.25, 0.3) is 0 Å². The Hall–Kier alpha value is -1.98. The molecule has 0 unspecified atom stereocenters. The lowest BCUT2D eigenvalue weighted by molar-refractivity contribution is 0.0989. The Balaban J connectivity index is 2.14. The molecule has 2 aromatic rings. The molecular formula is C9H10N4O2. The number of hydrogen-bond donors (Lipinski definition) is 0. The fourth-order valence-electron chi connectivity index (χ4n) is 1.31. The van der Waals surface area contributed by atoms with Crippen molar-refractivity contribution in [1.82, 2.24) is 20.2 Å². The maximum absolute atomic E-state index is 11.7. The van der Waals surface area contributed by atoms with Crippen molar-refractivity contribution in [2.45, 2.75) is 13.3 Å². The number of hydrogen-bond acceptors (Lipinski definition) is 5. The van der Waals surface area contributed by atoms with Gasteiger partial charge in [0.15, 0.2) is 11.6 Å². The van der Waals surface area contributed by atoms with Crippen molar-refractivity contribution in [1.29, 1.82) is 0 Å². The van der Waals surface area contributed by atoms with E-state index in [1.807, 2.05) is 0 Å². The van der Waals surface area contributed by atoms with Gasteiger partial charge in [0, 0.05) is 0 Å². The van der Waals surface area contributed by atoms with Crippen molar-refractivity contribution in [2.75, 3.05) is 0 Å². The fraction of sp³-hybridized carbons (Fsp3) is 0.333. The predicted octanol–water partition coefficient (Wildman–Crippen LogP) is 0.537. The van der Waals surface area contributed by atoms with Crippen molar-refractivity contribution in [2.24, 2.45) is 7.05 Å². The van der Waals surface area contributed by atoms with E-state index in [0.29, 0.717) is 17.1 Å². The molecule has 0 N–H and O–H groups in total. The van der Waals surface area contributed by atoms with Crippen molar-refractivity contribution in [3.05, 3.63) is 29.5 Å². The van der Waals surface area contributed by atoms with Gasteiger partial charge in [0.2, 0.25) is 0 Å². The number of carbonyl (C=O) groups excluding carboxylic acids is 1. The van der Waals surface area contributed by atoms with Gasteiger partial charge in [-0.15, -0.1) is 10.2 Å². The maximum atomic E-state index is 11.7. The van der Waals surface area contributed by atoms with Gasteiger partial charge in [0.1, 0.15) is 5.76 Å². The van der Waals surface area contributed by atoms with Crippen molar-refractivity contribution in [3.63, 3.8) is 0 Å². The summed E-state index contributed by atoms with van der Waals surface area (Å²) in [4.78, 5) is 13.1. The molecule has 15 heavy (non-hydrogen) atoms. The van der Waals surface area contributed by atoms with E-state index in [1.54, 1.807) is 20.0 Å². The van der Waals surface area contributed by atoms with Crippen LogP contribution >= 0.6 is 0 Å². The quantitative estimate of drug-likeness (QED) is 0.685. The molecule has 0 aliphatic heterocycles. The van der Waals surface area contributed by atoms with Crippen LogP contribution in [-0.2, 0) is 13.5 Å². The summed E-state index contributed by atoms with van der Waals surface area (Å²) in [5.74, 6) is 0.973. The number of aryl methyl sites for hydroxylation is 2. The molecular weight excluding hydrogens is 196 g/mol. The van der Waals surface area contributed by atoms with Gasteiger partial charge in [0.05, 0.1) is 25.3 Å². The lowest BCUT2D eigenvalue weighted by Crippen LogP contribution is -2.05. The lowest BCUT2D eigenvalue weighted by Gasteiger charge is -1.94. The molecule has 0 saturated carbocycles. The topological polar surface area (TPSA) is 73.8 Å². The van der Waals surface area contributed by atoms with E-state index >= 15 is 0 Å². The highest BCUT2D eigenvalue weighted by atomic mass is 16.3. The van der Waals surface area contributed by atoms with E-state index in [2.05, 4.69) is 15.4 Å². The van der Waals surface area contributed by atoms with Gasteiger partial charge < -0.3 is 4.42 Å². The van der Waals surface area contributed by atoms with Crippen LogP contribution in [0.1, 0.15) is 21.9 Å². The van der Waals surface area contributed by atoms with Gasteiger partial charge in [-0.2, -0.15) is 4.80 Å². The predicted molar refractivity (Wildman–Crippen MR) is 50.3 cm³/mol. The smallest absolute Gasteiger partial charge is 0.182 e. The van der Waals surface area contributed by atoms with Crippen LogP contribution in [-0.4, -0.2) is 26.0 Å². The molecule has 0 saturated heterocycles. The Bertz CT molecular complexity index is 486. The van der Waals surface area contributed by atoms with Gasteiger partial charge >= 0.3 is 0 Å². The van der Waals surface area contributed by atoms with Crippen LogP contribution in [0.5, 0.6) is 0 Å². The van der Waals surface area contributed by atoms with E-state index in [1.165, 1.54) is 11.1 Å². The second-order valence-corrected chi connectivity index (χ2v) is 3.19. The first kappa shape index (κ1) is 9.57. The number of aromatic nitrogens is 4. The molecule has 0 aromatic carbocycles. The summed E-state index contributed by atoms with van der Waals surface area (Å²) in [7, 11) is 1.66. The Labute approximate surface area is 85.9 Å². The summed E-state index contributed by atoms with van der Waals surface area (Å²) in [6.45, 7) is 1.75. The van der Waals surface area contributed by atoms with E-state index < -0.39 is 0 Å². The minimum absolute atomic E-state index is 0.0609. The standard InChI is InChI=1S/C9H10N4O2/c1-6-7(3-4-15-6)8(14)5-9-10-12-13(2)11-9/h3-4H,5H2,1-2H3. The molecule has 2 aromatic heterocycles. The maximum Gasteiger partial charge on any atom is 0.182 e. The normalized spacial score (nSPS) is 10.5. The zero-order valence-corrected chi connectivity index (χ0v) is 8.47. The van der Waals surface area contributed by atoms with Crippen molar-refractivity contribution in [3.8, 4) is 0 Å². The van der Waals surface area contributed by atoms with Gasteiger partial charge in [-0.1, -0.05) is 0 Å². The number of Topliss-reactive ketones (excluding diaryl/α,β-unsaturated/α-hetero) is 1. The van der Waals surface area contributed by atoms with Crippen LogP contribution in [0, 0.1) is 6.92 Å². The third kappa shape index (κ3) is 1.93. The first-order valence-corrected chi connectivity index (χ1v) is 4.47. The third-order valence-corrected chi connectivity index (χ3v) is 2.03. The molecule has 2 heterocycles. The largest absolute Gasteiger partial charge is 0.469 e. The molecule has 2 rings (SSSR count). The number of tetrazole rings is 1. The number of nitrogens with zero attached hydrogens (tertiary/aromatic N) is 4. The van der Waals surface area contributed by atoms with Gasteiger partial charge in [-0.25, -0.2) is 0 Å². The Morgan fingerprint density at radius 1 is 1.60 bits per heavy atom. The first-order valence-electron chi connectivity index (χ1n) is 4.47. The van der Waals surface area contributed by atoms with Crippen LogP contribution in [0.4, 0.5) is 0 Å². The van der Waals surface area contributed by atoms with Gasteiger partial charge in [-0.3, -0.25) is 4.79 Å². The molecule has 0 bridgehead atoms. The number of ketones is 1. The minimum Gasteiger partial charge on any atom is -0.469 e. The van der Waals surface area contributed by atoms with E-state index in [0.717, 1.165) is 0 Å². The summed E-state index contributed by atoms with van der Waals surface area (Å²) in [5.41, 5.74) is 0.572. The summed E-state index contributed by atoms with van der Waals surface area (Å²) in [6.07, 6.45) is 1.64. The summed E-state index contributed by atoms with van der Waals surface area (Å²) in [5, 5.41) is 11.3. The van der Waals surface area contributed by atoms with Crippen molar-refractivity contribution < 1.29 is 9.21 Å². The number of carbonyl (C=O) groups is 1. The molecule has 6 heteroatoms. The Kier molecular flexibility index (Phi) is 2.32. The summed E-state index contributed by atoms with van der Waals surface area (Å²) < 4.78 is 5.05. The lowest BCUT2D eigenvalue weighted by atomic mass is 10.1. The molecule has 0 aliphatic rings. The second-order valence-electron chi connectivity index (χ2n) is 3.19. The highest BCUT2D eigenvalue weighted by molar-refractivity contribution is 5.97. The average molecular weight is 206 g/mol. The molecule has 6 nitrogen and oxygen atoms in total. The van der Waals surface area contributed by atoms with Crippen LogP contribution in [0.3, 0.4) is 0 Å². The summed E-state index contributed by atoms with van der Waals surface area (Å²) >= 11 is 0. The summed E-state index contributed by atoms with van der Waals surface area (Å²) in [6, 6.07) is 1.65. The Morgan fingerprint density at radius 2 is 2.40 bits per heavy atom. The van der Waals surface area contributed by atoms with Crippen LogP contribution in [0.2, 0.25) is 0 Å². The monoisotopic (exact) mass is 206 g/mol. The van der Waals surface area contributed by atoms with Crippen molar-refractivity contribution >= 4 is 5.78 Å². The molecule has 0 aliphatic carbocycles. The van der Waals surface area contributed by atoms with E-state index in [4.69, 9.17) is 4.42 Å². The highest BCUT2D eigenvalue weighted by Crippen LogP contribution is 2.11. The molecule has 0 radical (unpaired) electrons. The molecule has 0 atom stereocenters. The van der Waals surface area contributed by atoms with Gasteiger partial charge in [-0.05, 0) is 18.2 Å². The second kappa shape index (κ2) is 3.64. The fourth-order valence-corrected chi connectivity index (χ4v) is 1.31. The SMILES string of the molecule is Cc1occc1C(=O)Cc1nnn(C)n1. The minimum atomic E-state index is -0.0609. The third-order valence-electron chi connectivity index (χ3n) is 2.03. The van der Waals surface area contributed by atoms with E-state index in [9.17, 15) is 4.79 Å².